The summed E-state index contributed by atoms with van der Waals surface area (Å²) in [5.74, 6) is -0.275. The van der Waals surface area contributed by atoms with Crippen LogP contribution < -0.4 is 10.6 Å². The maximum atomic E-state index is 13.9. The molecule has 5 heteroatoms. The number of nitrogens with one attached hydrogen (secondary N) is 2. The minimum atomic E-state index is -0.608. The van der Waals surface area contributed by atoms with Crippen LogP contribution in [0.1, 0.15) is 31.2 Å². The minimum absolute atomic E-state index is 0. The van der Waals surface area contributed by atoms with E-state index in [1.165, 1.54) is 6.07 Å². The second-order valence-electron chi connectivity index (χ2n) is 5.58. The molecule has 2 fully saturated rings. The molecule has 1 saturated carbocycles. The van der Waals surface area contributed by atoms with Gasteiger partial charge in [-0.25, -0.2) is 4.39 Å². The Morgan fingerprint density at radius 2 is 2.10 bits per heavy atom. The van der Waals surface area contributed by atoms with Crippen molar-refractivity contribution in [3.8, 4) is 0 Å². The van der Waals surface area contributed by atoms with Crippen molar-refractivity contribution < 1.29 is 9.18 Å². The second-order valence-corrected chi connectivity index (χ2v) is 5.58. The molecule has 2 aliphatic rings. The standard InChI is InChI=1S/C15H19FN2O.ClH/c16-13-6-2-1-5-12(13)15(7-8-15)14(19)18-11-4-3-9-17-10-11;/h1-2,5-6,11,17H,3-4,7-10H2,(H,18,19);1H/t11-;/m0./s1. The summed E-state index contributed by atoms with van der Waals surface area (Å²) in [5.41, 5.74) is -0.0562. The van der Waals surface area contributed by atoms with Crippen LogP contribution in [0.3, 0.4) is 0 Å². The molecule has 1 aromatic rings. The number of rotatable bonds is 3. The lowest BCUT2D eigenvalue weighted by Gasteiger charge is -2.26. The SMILES string of the molecule is Cl.O=C(N[C@H]1CCCNC1)C1(c2ccccc2F)CC1. The molecule has 1 aliphatic carbocycles. The molecular formula is C15H20ClFN2O. The lowest BCUT2D eigenvalue weighted by Crippen LogP contribution is -2.48. The van der Waals surface area contributed by atoms with Gasteiger partial charge in [-0.05, 0) is 38.3 Å². The topological polar surface area (TPSA) is 41.1 Å². The number of benzene rings is 1. The Kier molecular flexibility index (Phi) is 4.66. The summed E-state index contributed by atoms with van der Waals surface area (Å²) in [5, 5.41) is 6.35. The monoisotopic (exact) mass is 298 g/mol. The van der Waals surface area contributed by atoms with E-state index in [-0.39, 0.29) is 30.2 Å². The molecule has 0 unspecified atom stereocenters. The van der Waals surface area contributed by atoms with Gasteiger partial charge in [-0.3, -0.25) is 4.79 Å². The molecule has 1 amide bonds. The summed E-state index contributed by atoms with van der Waals surface area (Å²) in [4.78, 5) is 12.4. The fourth-order valence-corrected chi connectivity index (χ4v) is 2.89. The summed E-state index contributed by atoms with van der Waals surface area (Å²) in [6, 6.07) is 6.82. The molecule has 20 heavy (non-hydrogen) atoms. The molecule has 0 radical (unpaired) electrons. The highest BCUT2D eigenvalue weighted by Gasteiger charge is 2.52. The van der Waals surface area contributed by atoms with Crippen molar-refractivity contribution in [3.63, 3.8) is 0 Å². The first kappa shape index (κ1) is 15.3. The van der Waals surface area contributed by atoms with E-state index in [0.717, 1.165) is 38.8 Å². The van der Waals surface area contributed by atoms with E-state index in [9.17, 15) is 9.18 Å². The Morgan fingerprint density at radius 3 is 2.70 bits per heavy atom. The van der Waals surface area contributed by atoms with Gasteiger partial charge in [0.15, 0.2) is 0 Å². The van der Waals surface area contributed by atoms with Gasteiger partial charge in [-0.2, -0.15) is 0 Å². The molecule has 0 aromatic heterocycles. The zero-order chi connectivity index (χ0) is 13.3. The van der Waals surface area contributed by atoms with Gasteiger partial charge in [-0.15, -0.1) is 12.4 Å². The largest absolute Gasteiger partial charge is 0.351 e. The number of amides is 1. The van der Waals surface area contributed by atoms with Crippen LogP contribution in [0.5, 0.6) is 0 Å². The van der Waals surface area contributed by atoms with Gasteiger partial charge < -0.3 is 10.6 Å². The van der Waals surface area contributed by atoms with Gasteiger partial charge in [0.1, 0.15) is 5.82 Å². The molecule has 0 spiro atoms. The van der Waals surface area contributed by atoms with Crippen molar-refractivity contribution in [2.24, 2.45) is 0 Å². The molecule has 110 valence electrons. The molecule has 2 N–H and O–H groups in total. The highest BCUT2D eigenvalue weighted by Crippen LogP contribution is 2.49. The first-order chi connectivity index (χ1) is 9.22. The van der Waals surface area contributed by atoms with Crippen LogP contribution in [0.2, 0.25) is 0 Å². The zero-order valence-corrected chi connectivity index (χ0v) is 12.1. The van der Waals surface area contributed by atoms with Crippen molar-refractivity contribution in [2.75, 3.05) is 13.1 Å². The van der Waals surface area contributed by atoms with Crippen molar-refractivity contribution in [1.82, 2.24) is 10.6 Å². The number of piperidine rings is 1. The van der Waals surface area contributed by atoms with Crippen molar-refractivity contribution in [1.29, 1.82) is 0 Å². The first-order valence-electron chi connectivity index (χ1n) is 6.99. The van der Waals surface area contributed by atoms with Gasteiger partial charge in [-0.1, -0.05) is 18.2 Å². The van der Waals surface area contributed by atoms with Crippen LogP contribution in [-0.4, -0.2) is 25.0 Å². The fourth-order valence-electron chi connectivity index (χ4n) is 2.89. The summed E-state index contributed by atoms with van der Waals surface area (Å²) in [7, 11) is 0. The Bertz CT molecular complexity index is 485. The lowest BCUT2D eigenvalue weighted by molar-refractivity contribution is -0.124. The van der Waals surface area contributed by atoms with Crippen LogP contribution in [-0.2, 0) is 10.2 Å². The summed E-state index contributed by atoms with van der Waals surface area (Å²) in [6.45, 7) is 1.84. The highest BCUT2D eigenvalue weighted by molar-refractivity contribution is 5.91. The summed E-state index contributed by atoms with van der Waals surface area (Å²) >= 11 is 0. The van der Waals surface area contributed by atoms with Crippen molar-refractivity contribution in [3.05, 3.63) is 35.6 Å². The molecule has 1 aliphatic heterocycles. The molecule has 0 bridgehead atoms. The zero-order valence-electron chi connectivity index (χ0n) is 11.3. The maximum absolute atomic E-state index is 13.9. The number of carbonyl (C=O) groups is 1. The van der Waals surface area contributed by atoms with Crippen molar-refractivity contribution in [2.45, 2.75) is 37.1 Å². The van der Waals surface area contributed by atoms with E-state index in [4.69, 9.17) is 0 Å². The quantitative estimate of drug-likeness (QED) is 0.898. The molecule has 1 aromatic carbocycles. The van der Waals surface area contributed by atoms with Crippen LogP contribution in [0.25, 0.3) is 0 Å². The predicted octanol–water partition coefficient (Wildman–Crippen LogP) is 2.15. The summed E-state index contributed by atoms with van der Waals surface area (Å²) < 4.78 is 13.9. The highest BCUT2D eigenvalue weighted by atomic mass is 35.5. The van der Waals surface area contributed by atoms with Crippen LogP contribution >= 0.6 is 12.4 Å². The lowest BCUT2D eigenvalue weighted by atomic mass is 9.93. The van der Waals surface area contributed by atoms with E-state index in [2.05, 4.69) is 10.6 Å². The first-order valence-corrected chi connectivity index (χ1v) is 6.99. The Morgan fingerprint density at radius 1 is 1.35 bits per heavy atom. The second kappa shape index (κ2) is 6.10. The number of halogens is 2. The molecular weight excluding hydrogens is 279 g/mol. The van der Waals surface area contributed by atoms with E-state index < -0.39 is 5.41 Å². The van der Waals surface area contributed by atoms with E-state index in [1.54, 1.807) is 18.2 Å². The Labute approximate surface area is 124 Å². The third-order valence-electron chi connectivity index (χ3n) is 4.21. The Balaban J connectivity index is 0.00000147. The normalized spacial score (nSPS) is 23.6. The third-order valence-corrected chi connectivity index (χ3v) is 4.21. The van der Waals surface area contributed by atoms with Gasteiger partial charge in [0, 0.05) is 18.2 Å². The third kappa shape index (κ3) is 2.81. The average molecular weight is 299 g/mol. The number of hydrogen-bond donors (Lipinski definition) is 2. The van der Waals surface area contributed by atoms with Crippen LogP contribution in [0, 0.1) is 5.82 Å². The maximum Gasteiger partial charge on any atom is 0.231 e. The van der Waals surface area contributed by atoms with Gasteiger partial charge in [0.25, 0.3) is 0 Å². The smallest absolute Gasteiger partial charge is 0.231 e. The van der Waals surface area contributed by atoms with Crippen molar-refractivity contribution >= 4 is 18.3 Å². The predicted molar refractivity (Wildman–Crippen MR) is 78.6 cm³/mol. The number of hydrogen-bond acceptors (Lipinski definition) is 2. The Hall–Kier alpha value is -1.13. The van der Waals surface area contributed by atoms with E-state index in [1.807, 2.05) is 0 Å². The average Bonchev–Trinajstić information content (AvgIpc) is 3.22. The molecule has 1 atom stereocenters. The van der Waals surface area contributed by atoms with Gasteiger partial charge in [0.05, 0.1) is 5.41 Å². The van der Waals surface area contributed by atoms with Crippen LogP contribution in [0.15, 0.2) is 24.3 Å². The van der Waals surface area contributed by atoms with Gasteiger partial charge in [0.2, 0.25) is 5.91 Å². The summed E-state index contributed by atoms with van der Waals surface area (Å²) in [6.07, 6.45) is 3.59. The van der Waals surface area contributed by atoms with E-state index >= 15 is 0 Å². The van der Waals surface area contributed by atoms with E-state index in [0.29, 0.717) is 5.56 Å². The van der Waals surface area contributed by atoms with Gasteiger partial charge >= 0.3 is 0 Å². The number of carbonyl (C=O) groups excluding carboxylic acids is 1. The molecule has 1 saturated heterocycles. The fraction of sp³-hybridized carbons (Fsp3) is 0.533. The minimum Gasteiger partial charge on any atom is -0.351 e. The molecule has 3 rings (SSSR count). The van der Waals surface area contributed by atoms with Crippen LogP contribution in [0.4, 0.5) is 4.39 Å². The molecule has 1 heterocycles. The molecule has 3 nitrogen and oxygen atoms in total.